The van der Waals surface area contributed by atoms with E-state index in [0.29, 0.717) is 6.54 Å². The number of nitrogens with zero attached hydrogens (tertiary/aromatic N) is 1. The molecule has 3 heteroatoms. The topological polar surface area (TPSA) is 45.1 Å². The van der Waals surface area contributed by atoms with E-state index < -0.39 is 6.10 Å². The smallest absolute Gasteiger partial charge is 0.0914 e. The zero-order valence-corrected chi connectivity index (χ0v) is 13.8. The minimum absolute atomic E-state index is 0.493. The Balaban J connectivity index is 1.58. The van der Waals surface area contributed by atoms with Gasteiger partial charge in [-0.3, -0.25) is 4.98 Å². The summed E-state index contributed by atoms with van der Waals surface area (Å²) in [5.41, 5.74) is 5.59. The lowest BCUT2D eigenvalue weighted by Crippen LogP contribution is -2.21. The number of hydrogen-bond donors (Lipinski definition) is 2. The van der Waals surface area contributed by atoms with E-state index in [4.69, 9.17) is 0 Å². The average molecular weight is 318 g/mol. The Labute approximate surface area is 143 Å². The Morgan fingerprint density at radius 1 is 1.00 bits per heavy atom. The first-order valence-corrected chi connectivity index (χ1v) is 8.17. The lowest BCUT2D eigenvalue weighted by molar-refractivity contribution is 0.174. The van der Waals surface area contributed by atoms with Crippen molar-refractivity contribution in [3.8, 4) is 11.1 Å². The second kappa shape index (κ2) is 7.86. The van der Waals surface area contributed by atoms with Crippen molar-refractivity contribution in [2.24, 2.45) is 0 Å². The maximum absolute atomic E-state index is 10.3. The van der Waals surface area contributed by atoms with E-state index in [-0.39, 0.29) is 0 Å². The first-order chi connectivity index (χ1) is 11.7. The van der Waals surface area contributed by atoms with Crippen LogP contribution in [0.1, 0.15) is 22.8 Å². The number of aryl methyl sites for hydroxylation is 1. The molecule has 1 heterocycles. The largest absolute Gasteiger partial charge is 0.387 e. The maximum atomic E-state index is 10.3. The SMILES string of the molecule is Cc1ccc(C(O)CNCc2cccc(-c3cccnc3)c2)cc1. The van der Waals surface area contributed by atoms with Crippen molar-refractivity contribution in [3.63, 3.8) is 0 Å². The number of aromatic nitrogens is 1. The third kappa shape index (κ3) is 4.28. The molecule has 122 valence electrons. The van der Waals surface area contributed by atoms with E-state index in [2.05, 4.69) is 40.6 Å². The number of pyridine rings is 1. The second-order valence-corrected chi connectivity index (χ2v) is 6.00. The molecule has 1 aromatic heterocycles. The van der Waals surface area contributed by atoms with Gasteiger partial charge in [-0.2, -0.15) is 0 Å². The van der Waals surface area contributed by atoms with Crippen LogP contribution in [0, 0.1) is 6.92 Å². The summed E-state index contributed by atoms with van der Waals surface area (Å²) in [6, 6.07) is 20.4. The first-order valence-electron chi connectivity index (χ1n) is 8.17. The molecule has 0 aliphatic heterocycles. The minimum atomic E-state index is -0.493. The van der Waals surface area contributed by atoms with E-state index in [9.17, 15) is 5.11 Å². The van der Waals surface area contributed by atoms with Crippen molar-refractivity contribution in [1.29, 1.82) is 0 Å². The molecule has 1 unspecified atom stereocenters. The van der Waals surface area contributed by atoms with Crippen molar-refractivity contribution >= 4 is 0 Å². The van der Waals surface area contributed by atoms with Gasteiger partial charge >= 0.3 is 0 Å². The van der Waals surface area contributed by atoms with Crippen LogP contribution in [0.25, 0.3) is 11.1 Å². The molecule has 0 bridgehead atoms. The fraction of sp³-hybridized carbons (Fsp3) is 0.190. The van der Waals surface area contributed by atoms with Crippen molar-refractivity contribution in [3.05, 3.63) is 89.7 Å². The normalized spacial score (nSPS) is 12.1. The molecule has 0 fully saturated rings. The van der Waals surface area contributed by atoms with Gasteiger partial charge in [0, 0.05) is 25.5 Å². The van der Waals surface area contributed by atoms with Gasteiger partial charge in [0.2, 0.25) is 0 Å². The average Bonchev–Trinajstić information content (AvgIpc) is 2.63. The predicted molar refractivity (Wildman–Crippen MR) is 97.5 cm³/mol. The lowest BCUT2D eigenvalue weighted by Gasteiger charge is -2.13. The van der Waals surface area contributed by atoms with Crippen LogP contribution in [0.4, 0.5) is 0 Å². The molecule has 0 amide bonds. The number of aliphatic hydroxyl groups excluding tert-OH is 1. The van der Waals surface area contributed by atoms with E-state index >= 15 is 0 Å². The van der Waals surface area contributed by atoms with E-state index in [0.717, 1.165) is 23.2 Å². The molecule has 0 spiro atoms. The molecule has 0 aliphatic rings. The first kappa shape index (κ1) is 16.4. The standard InChI is InChI=1S/C21H22N2O/c1-16-7-9-18(10-8-16)21(24)15-23-13-17-4-2-5-19(12-17)20-6-3-11-22-14-20/h2-12,14,21,23-24H,13,15H2,1H3. The third-order valence-electron chi connectivity index (χ3n) is 4.05. The van der Waals surface area contributed by atoms with Crippen molar-refractivity contribution in [2.75, 3.05) is 6.54 Å². The fourth-order valence-corrected chi connectivity index (χ4v) is 2.65. The Bertz CT molecular complexity index is 769. The Kier molecular flexibility index (Phi) is 5.36. The van der Waals surface area contributed by atoms with Gasteiger partial charge in [-0.05, 0) is 41.3 Å². The quantitative estimate of drug-likeness (QED) is 0.725. The van der Waals surface area contributed by atoms with Crippen molar-refractivity contribution in [1.82, 2.24) is 10.3 Å². The molecular weight excluding hydrogens is 296 g/mol. The summed E-state index contributed by atoms with van der Waals surface area (Å²) in [4.78, 5) is 4.17. The van der Waals surface area contributed by atoms with Crippen LogP contribution in [0.2, 0.25) is 0 Å². The van der Waals surface area contributed by atoms with Crippen LogP contribution in [0.3, 0.4) is 0 Å². The molecule has 1 atom stereocenters. The highest BCUT2D eigenvalue weighted by Gasteiger charge is 2.06. The van der Waals surface area contributed by atoms with Gasteiger partial charge < -0.3 is 10.4 Å². The maximum Gasteiger partial charge on any atom is 0.0914 e. The monoisotopic (exact) mass is 318 g/mol. The highest BCUT2D eigenvalue weighted by atomic mass is 16.3. The van der Waals surface area contributed by atoms with E-state index in [1.807, 2.05) is 43.5 Å². The Morgan fingerprint density at radius 2 is 1.79 bits per heavy atom. The Hall–Kier alpha value is -2.49. The zero-order chi connectivity index (χ0) is 16.8. The summed E-state index contributed by atoms with van der Waals surface area (Å²) in [5, 5.41) is 13.6. The molecule has 3 nitrogen and oxygen atoms in total. The minimum Gasteiger partial charge on any atom is -0.387 e. The molecule has 3 aromatic rings. The van der Waals surface area contributed by atoms with Crippen LogP contribution in [0.15, 0.2) is 73.1 Å². The van der Waals surface area contributed by atoms with E-state index in [1.54, 1.807) is 6.20 Å². The second-order valence-electron chi connectivity index (χ2n) is 6.00. The molecule has 2 aromatic carbocycles. The van der Waals surface area contributed by atoms with E-state index in [1.165, 1.54) is 11.1 Å². The van der Waals surface area contributed by atoms with Crippen LogP contribution in [-0.4, -0.2) is 16.6 Å². The van der Waals surface area contributed by atoms with Gasteiger partial charge in [-0.1, -0.05) is 54.1 Å². The number of aliphatic hydroxyl groups is 1. The molecule has 24 heavy (non-hydrogen) atoms. The molecule has 0 radical (unpaired) electrons. The number of nitrogens with one attached hydrogen (secondary N) is 1. The number of hydrogen-bond acceptors (Lipinski definition) is 3. The highest BCUT2D eigenvalue weighted by molar-refractivity contribution is 5.62. The molecule has 0 saturated heterocycles. The van der Waals surface area contributed by atoms with Crippen molar-refractivity contribution in [2.45, 2.75) is 19.6 Å². The van der Waals surface area contributed by atoms with Crippen LogP contribution in [0.5, 0.6) is 0 Å². The van der Waals surface area contributed by atoms with Crippen LogP contribution >= 0.6 is 0 Å². The van der Waals surface area contributed by atoms with Crippen LogP contribution < -0.4 is 5.32 Å². The number of rotatable bonds is 6. The summed E-state index contributed by atoms with van der Waals surface area (Å²) in [7, 11) is 0. The fourth-order valence-electron chi connectivity index (χ4n) is 2.65. The molecule has 0 saturated carbocycles. The van der Waals surface area contributed by atoms with Crippen LogP contribution in [-0.2, 0) is 6.54 Å². The van der Waals surface area contributed by atoms with Gasteiger partial charge in [0.1, 0.15) is 0 Å². The molecule has 3 rings (SSSR count). The zero-order valence-electron chi connectivity index (χ0n) is 13.8. The summed E-state index contributed by atoms with van der Waals surface area (Å²) in [6.07, 6.45) is 3.15. The Morgan fingerprint density at radius 3 is 2.54 bits per heavy atom. The lowest BCUT2D eigenvalue weighted by atomic mass is 10.0. The van der Waals surface area contributed by atoms with Gasteiger partial charge in [0.25, 0.3) is 0 Å². The van der Waals surface area contributed by atoms with Gasteiger partial charge in [0.05, 0.1) is 6.10 Å². The number of benzene rings is 2. The highest BCUT2D eigenvalue weighted by Crippen LogP contribution is 2.19. The summed E-state index contributed by atoms with van der Waals surface area (Å²) < 4.78 is 0. The summed E-state index contributed by atoms with van der Waals surface area (Å²) >= 11 is 0. The van der Waals surface area contributed by atoms with Gasteiger partial charge in [0.15, 0.2) is 0 Å². The molecular formula is C21H22N2O. The van der Waals surface area contributed by atoms with Gasteiger partial charge in [-0.15, -0.1) is 0 Å². The third-order valence-corrected chi connectivity index (χ3v) is 4.05. The van der Waals surface area contributed by atoms with Crippen molar-refractivity contribution < 1.29 is 5.11 Å². The molecule has 2 N–H and O–H groups in total. The summed E-state index contributed by atoms with van der Waals surface area (Å²) in [6.45, 7) is 3.29. The summed E-state index contributed by atoms with van der Waals surface area (Å²) in [5.74, 6) is 0. The van der Waals surface area contributed by atoms with Gasteiger partial charge in [-0.25, -0.2) is 0 Å². The molecule has 0 aliphatic carbocycles. The predicted octanol–water partition coefficient (Wildman–Crippen LogP) is 3.88.